The van der Waals surface area contributed by atoms with Crippen LogP contribution in [0.3, 0.4) is 0 Å². The standard InChI is InChI=1S/C16H21N3O2S2/c1-23-14-5-3-2-4-13(14)17-15(22)18-8-6-12(7-9-18)19-10-11-21-16(19)20/h2-5,12H,6-11H2,1H3,(H,17,22). The maximum Gasteiger partial charge on any atom is 0.410 e. The number of likely N-dealkylation sites (tertiary alicyclic amines) is 1. The van der Waals surface area contributed by atoms with Crippen molar-refractivity contribution in [3.05, 3.63) is 24.3 Å². The summed E-state index contributed by atoms with van der Waals surface area (Å²) in [5.41, 5.74) is 1.05. The molecule has 5 nitrogen and oxygen atoms in total. The fourth-order valence-corrected chi connectivity index (χ4v) is 3.91. The average molecular weight is 351 g/mol. The summed E-state index contributed by atoms with van der Waals surface area (Å²) in [4.78, 5) is 16.9. The molecule has 2 aliphatic heterocycles. The number of nitrogens with one attached hydrogen (secondary N) is 1. The van der Waals surface area contributed by atoms with Gasteiger partial charge < -0.3 is 19.9 Å². The summed E-state index contributed by atoms with van der Waals surface area (Å²) in [6.07, 6.45) is 3.75. The molecule has 2 aliphatic rings. The smallest absolute Gasteiger partial charge is 0.410 e. The second kappa shape index (κ2) is 7.40. The molecule has 0 radical (unpaired) electrons. The zero-order chi connectivity index (χ0) is 16.2. The van der Waals surface area contributed by atoms with E-state index in [1.165, 1.54) is 4.90 Å². The van der Waals surface area contributed by atoms with Gasteiger partial charge in [0.05, 0.1) is 12.2 Å². The highest BCUT2D eigenvalue weighted by Gasteiger charge is 2.32. The Labute approximate surface area is 146 Å². The molecule has 2 saturated heterocycles. The molecule has 1 N–H and O–H groups in total. The fraction of sp³-hybridized carbons (Fsp3) is 0.500. The third kappa shape index (κ3) is 3.72. The summed E-state index contributed by atoms with van der Waals surface area (Å²) < 4.78 is 5.03. The van der Waals surface area contributed by atoms with Gasteiger partial charge in [-0.05, 0) is 43.4 Å². The number of carbonyl (C=O) groups is 1. The first-order chi connectivity index (χ1) is 11.2. The first-order valence-corrected chi connectivity index (χ1v) is 9.44. The van der Waals surface area contributed by atoms with Crippen LogP contribution in [0.15, 0.2) is 29.2 Å². The van der Waals surface area contributed by atoms with E-state index in [0.29, 0.717) is 13.2 Å². The molecule has 1 aromatic carbocycles. The van der Waals surface area contributed by atoms with Gasteiger partial charge in [-0.3, -0.25) is 0 Å². The number of para-hydroxylation sites is 1. The van der Waals surface area contributed by atoms with Gasteiger partial charge in [0.1, 0.15) is 6.61 Å². The minimum absolute atomic E-state index is 0.168. The second-order valence-corrected chi connectivity index (χ2v) is 6.89. The van der Waals surface area contributed by atoms with Gasteiger partial charge in [-0.2, -0.15) is 0 Å². The first-order valence-electron chi connectivity index (χ1n) is 7.81. The molecule has 0 unspecified atom stereocenters. The van der Waals surface area contributed by atoms with Crippen LogP contribution in [0.5, 0.6) is 0 Å². The van der Waals surface area contributed by atoms with Gasteiger partial charge >= 0.3 is 6.09 Å². The molecule has 0 aliphatic carbocycles. The molecule has 124 valence electrons. The molecule has 0 saturated carbocycles. The predicted molar refractivity (Wildman–Crippen MR) is 97.1 cm³/mol. The normalized spacial score (nSPS) is 18.9. The minimum atomic E-state index is -0.168. The monoisotopic (exact) mass is 351 g/mol. The topological polar surface area (TPSA) is 44.8 Å². The van der Waals surface area contributed by atoms with Crippen LogP contribution in [-0.4, -0.2) is 59.5 Å². The van der Waals surface area contributed by atoms with Gasteiger partial charge in [0.25, 0.3) is 0 Å². The van der Waals surface area contributed by atoms with Gasteiger partial charge in [-0.1, -0.05) is 12.1 Å². The summed E-state index contributed by atoms with van der Waals surface area (Å²) in [6.45, 7) is 2.96. The number of nitrogens with zero attached hydrogens (tertiary/aromatic N) is 2. The number of carbonyl (C=O) groups excluding carboxylic acids is 1. The van der Waals surface area contributed by atoms with Crippen molar-refractivity contribution in [3.8, 4) is 0 Å². The van der Waals surface area contributed by atoms with Crippen molar-refractivity contribution in [3.63, 3.8) is 0 Å². The average Bonchev–Trinajstić information content (AvgIpc) is 3.01. The number of amides is 1. The van der Waals surface area contributed by atoms with E-state index in [9.17, 15) is 4.79 Å². The van der Waals surface area contributed by atoms with Crippen LogP contribution in [0, 0.1) is 0 Å². The first kappa shape index (κ1) is 16.4. The number of rotatable bonds is 3. The van der Waals surface area contributed by atoms with E-state index < -0.39 is 0 Å². The van der Waals surface area contributed by atoms with Crippen molar-refractivity contribution >= 4 is 40.9 Å². The van der Waals surface area contributed by atoms with Crippen molar-refractivity contribution < 1.29 is 9.53 Å². The van der Waals surface area contributed by atoms with E-state index in [1.807, 2.05) is 23.1 Å². The number of cyclic esters (lactones) is 1. The van der Waals surface area contributed by atoms with Crippen LogP contribution in [0.2, 0.25) is 0 Å². The van der Waals surface area contributed by atoms with Crippen LogP contribution in [-0.2, 0) is 4.74 Å². The molecule has 23 heavy (non-hydrogen) atoms. The van der Waals surface area contributed by atoms with E-state index in [1.54, 1.807) is 11.8 Å². The molecular formula is C16H21N3O2S2. The summed E-state index contributed by atoms with van der Waals surface area (Å²) in [5, 5.41) is 4.11. The Balaban J connectivity index is 1.55. The van der Waals surface area contributed by atoms with Gasteiger partial charge in [-0.15, -0.1) is 11.8 Å². The van der Waals surface area contributed by atoms with E-state index in [-0.39, 0.29) is 12.1 Å². The van der Waals surface area contributed by atoms with Gasteiger partial charge in [-0.25, -0.2) is 4.79 Å². The molecule has 7 heteroatoms. The highest BCUT2D eigenvalue weighted by molar-refractivity contribution is 7.98. The Bertz CT molecular complexity index is 588. The van der Waals surface area contributed by atoms with Gasteiger partial charge in [0.15, 0.2) is 5.11 Å². The van der Waals surface area contributed by atoms with E-state index in [4.69, 9.17) is 17.0 Å². The van der Waals surface area contributed by atoms with Crippen LogP contribution >= 0.6 is 24.0 Å². The number of piperidine rings is 1. The maximum absolute atomic E-state index is 11.7. The van der Waals surface area contributed by atoms with E-state index in [0.717, 1.165) is 36.7 Å². The van der Waals surface area contributed by atoms with E-state index >= 15 is 0 Å². The largest absolute Gasteiger partial charge is 0.448 e. The summed E-state index contributed by atoms with van der Waals surface area (Å²) in [6, 6.07) is 8.45. The maximum atomic E-state index is 11.7. The number of hydrogen-bond donors (Lipinski definition) is 1. The van der Waals surface area contributed by atoms with Crippen molar-refractivity contribution in [1.82, 2.24) is 9.80 Å². The van der Waals surface area contributed by atoms with Crippen LogP contribution in [0.25, 0.3) is 0 Å². The molecule has 0 atom stereocenters. The number of anilines is 1. The molecule has 3 rings (SSSR count). The van der Waals surface area contributed by atoms with Gasteiger partial charge in [0, 0.05) is 24.0 Å². The van der Waals surface area contributed by atoms with Crippen molar-refractivity contribution in [2.45, 2.75) is 23.8 Å². The third-order valence-corrected chi connectivity index (χ3v) is 5.49. The predicted octanol–water partition coefficient (Wildman–Crippen LogP) is 3.02. The summed E-state index contributed by atoms with van der Waals surface area (Å²) in [7, 11) is 0. The molecule has 1 amide bonds. The fourth-order valence-electron chi connectivity index (χ4n) is 3.06. The van der Waals surface area contributed by atoms with Crippen LogP contribution < -0.4 is 5.32 Å². The third-order valence-electron chi connectivity index (χ3n) is 4.33. The molecular weight excluding hydrogens is 330 g/mol. The molecule has 1 aromatic rings. The molecule has 0 aromatic heterocycles. The number of hydrogen-bond acceptors (Lipinski definition) is 4. The Morgan fingerprint density at radius 1 is 1.30 bits per heavy atom. The Hall–Kier alpha value is -1.47. The lowest BCUT2D eigenvalue weighted by atomic mass is 10.0. The minimum Gasteiger partial charge on any atom is -0.448 e. The zero-order valence-electron chi connectivity index (χ0n) is 13.2. The highest BCUT2D eigenvalue weighted by Crippen LogP contribution is 2.26. The lowest BCUT2D eigenvalue weighted by molar-refractivity contribution is 0.132. The van der Waals surface area contributed by atoms with E-state index in [2.05, 4.69) is 22.5 Å². The molecule has 0 spiro atoms. The SMILES string of the molecule is CSc1ccccc1NC(=S)N1CCC(N2CCOC2=O)CC1. The quantitative estimate of drug-likeness (QED) is 0.667. The van der Waals surface area contributed by atoms with Crippen LogP contribution in [0.4, 0.5) is 10.5 Å². The number of thioether (sulfide) groups is 1. The highest BCUT2D eigenvalue weighted by atomic mass is 32.2. The van der Waals surface area contributed by atoms with Crippen molar-refractivity contribution in [2.75, 3.05) is 37.8 Å². The summed E-state index contributed by atoms with van der Waals surface area (Å²) in [5.74, 6) is 0. The molecule has 0 bridgehead atoms. The van der Waals surface area contributed by atoms with Crippen molar-refractivity contribution in [1.29, 1.82) is 0 Å². The van der Waals surface area contributed by atoms with Crippen LogP contribution in [0.1, 0.15) is 12.8 Å². The zero-order valence-corrected chi connectivity index (χ0v) is 14.8. The summed E-state index contributed by atoms with van der Waals surface area (Å²) >= 11 is 7.26. The Morgan fingerprint density at radius 2 is 2.04 bits per heavy atom. The number of benzene rings is 1. The second-order valence-electron chi connectivity index (χ2n) is 5.66. The van der Waals surface area contributed by atoms with Crippen molar-refractivity contribution in [2.24, 2.45) is 0 Å². The molecule has 2 heterocycles. The number of ether oxygens (including phenoxy) is 1. The molecule has 2 fully saturated rings. The Morgan fingerprint density at radius 3 is 2.70 bits per heavy atom. The Kier molecular flexibility index (Phi) is 5.27. The lowest BCUT2D eigenvalue weighted by Gasteiger charge is -2.36. The number of thiocarbonyl (C=S) groups is 1. The van der Waals surface area contributed by atoms with Gasteiger partial charge in [0.2, 0.25) is 0 Å². The lowest BCUT2D eigenvalue weighted by Crippen LogP contribution is -2.48.